The number of aliphatic carboxylic acids is 1. The highest BCUT2D eigenvalue weighted by molar-refractivity contribution is 7.17. The molecule has 0 radical (unpaired) electrons. The zero-order valence-corrected chi connectivity index (χ0v) is 12.0. The first-order valence-corrected chi connectivity index (χ1v) is 6.93. The zero-order valence-electron chi connectivity index (χ0n) is 11.2. The number of carboxylic acid groups (broad SMARTS) is 1. The zero-order chi connectivity index (χ0) is 15.3. The summed E-state index contributed by atoms with van der Waals surface area (Å²) in [5.41, 5.74) is -1.00. The number of amides is 1. The van der Waals surface area contributed by atoms with Crippen LogP contribution in [-0.2, 0) is 4.79 Å². The molecule has 1 amide bonds. The van der Waals surface area contributed by atoms with Crippen molar-refractivity contribution in [1.82, 2.24) is 5.32 Å². The van der Waals surface area contributed by atoms with Crippen molar-refractivity contribution in [2.45, 2.75) is 26.7 Å². The summed E-state index contributed by atoms with van der Waals surface area (Å²) in [6.45, 7) is 3.50. The molecule has 2 N–H and O–H groups in total. The quantitative estimate of drug-likeness (QED) is 0.593. The smallest absolute Gasteiger partial charge is 0.324 e. The van der Waals surface area contributed by atoms with Crippen LogP contribution in [0.1, 0.15) is 36.4 Å². The molecule has 0 aromatic carbocycles. The lowest BCUT2D eigenvalue weighted by Crippen LogP contribution is -2.42. The van der Waals surface area contributed by atoms with E-state index < -0.39 is 22.2 Å². The highest BCUT2D eigenvalue weighted by atomic mass is 32.1. The Bertz CT molecular complexity index is 522. The van der Waals surface area contributed by atoms with Crippen LogP contribution in [0.3, 0.4) is 0 Å². The average Bonchev–Trinajstić information content (AvgIpc) is 2.89. The molecule has 0 aliphatic carbocycles. The third-order valence-corrected chi connectivity index (χ3v) is 4.43. The number of carbonyl (C=O) groups excluding carboxylic acids is 1. The van der Waals surface area contributed by atoms with Gasteiger partial charge in [0.2, 0.25) is 0 Å². The largest absolute Gasteiger partial charge is 0.481 e. The molecule has 20 heavy (non-hydrogen) atoms. The molecule has 0 unspecified atom stereocenters. The van der Waals surface area contributed by atoms with E-state index in [0.29, 0.717) is 12.8 Å². The second-order valence-corrected chi connectivity index (χ2v) is 5.43. The van der Waals surface area contributed by atoms with Gasteiger partial charge in [0.15, 0.2) is 0 Å². The van der Waals surface area contributed by atoms with Gasteiger partial charge in [-0.3, -0.25) is 19.7 Å². The van der Waals surface area contributed by atoms with Gasteiger partial charge in [-0.15, -0.1) is 0 Å². The van der Waals surface area contributed by atoms with Crippen molar-refractivity contribution in [3.05, 3.63) is 27.1 Å². The Labute approximate surface area is 119 Å². The summed E-state index contributed by atoms with van der Waals surface area (Å²) in [6.07, 6.45) is 0.785. The summed E-state index contributed by atoms with van der Waals surface area (Å²) in [4.78, 5) is 33.3. The van der Waals surface area contributed by atoms with Crippen molar-refractivity contribution in [2.24, 2.45) is 5.41 Å². The van der Waals surface area contributed by atoms with Gasteiger partial charge in [0.05, 0.1) is 15.2 Å². The number of hydrogen-bond donors (Lipinski definition) is 2. The van der Waals surface area contributed by atoms with Gasteiger partial charge in [0.1, 0.15) is 0 Å². The van der Waals surface area contributed by atoms with Crippen LogP contribution < -0.4 is 5.32 Å². The summed E-state index contributed by atoms with van der Waals surface area (Å²) in [5, 5.41) is 22.2. The average molecular weight is 300 g/mol. The third-order valence-electron chi connectivity index (χ3n) is 3.39. The molecule has 0 saturated heterocycles. The van der Waals surface area contributed by atoms with Crippen LogP contribution in [0.15, 0.2) is 12.1 Å². The van der Waals surface area contributed by atoms with E-state index in [2.05, 4.69) is 5.32 Å². The molecular formula is C12H16N2O5S. The third kappa shape index (κ3) is 3.32. The minimum absolute atomic E-state index is 0.000135. The topological polar surface area (TPSA) is 110 Å². The number of nitrogens with one attached hydrogen (secondary N) is 1. The first-order chi connectivity index (χ1) is 9.36. The molecular weight excluding hydrogens is 284 g/mol. The van der Waals surface area contributed by atoms with Crippen molar-refractivity contribution in [3.8, 4) is 0 Å². The Hall–Kier alpha value is -1.96. The number of carboxylic acids is 1. The van der Waals surface area contributed by atoms with Crippen LogP contribution in [-0.4, -0.2) is 28.5 Å². The molecule has 1 rings (SSSR count). The molecule has 0 spiro atoms. The first kappa shape index (κ1) is 16.1. The van der Waals surface area contributed by atoms with Crippen LogP contribution in [0.5, 0.6) is 0 Å². The first-order valence-electron chi connectivity index (χ1n) is 6.12. The number of nitro groups is 1. The van der Waals surface area contributed by atoms with Gasteiger partial charge in [-0.25, -0.2) is 0 Å². The molecule has 1 aromatic heterocycles. The molecule has 0 saturated carbocycles. The molecule has 1 aromatic rings. The maximum atomic E-state index is 11.9. The Morgan fingerprint density at radius 3 is 2.40 bits per heavy atom. The predicted octanol–water partition coefficient (Wildman–Crippen LogP) is 2.28. The molecule has 0 bridgehead atoms. The molecule has 110 valence electrons. The fourth-order valence-electron chi connectivity index (χ4n) is 1.76. The summed E-state index contributed by atoms with van der Waals surface area (Å²) in [5.74, 6) is -1.45. The number of nitrogens with zero attached hydrogens (tertiary/aromatic N) is 1. The van der Waals surface area contributed by atoms with E-state index in [1.165, 1.54) is 12.1 Å². The second kappa shape index (κ2) is 6.47. The number of rotatable bonds is 7. The highest BCUT2D eigenvalue weighted by Gasteiger charge is 2.35. The Kier molecular flexibility index (Phi) is 5.20. The maximum Gasteiger partial charge on any atom is 0.324 e. The molecule has 0 fully saturated rings. The molecule has 8 heteroatoms. The second-order valence-electron chi connectivity index (χ2n) is 4.37. The summed E-state index contributed by atoms with van der Waals surface area (Å²) in [6, 6.07) is 2.61. The van der Waals surface area contributed by atoms with Gasteiger partial charge < -0.3 is 10.4 Å². The van der Waals surface area contributed by atoms with E-state index in [-0.39, 0.29) is 16.4 Å². The molecule has 7 nitrogen and oxygen atoms in total. The van der Waals surface area contributed by atoms with E-state index in [0.717, 1.165) is 11.3 Å². The van der Waals surface area contributed by atoms with Gasteiger partial charge in [-0.05, 0) is 18.9 Å². The van der Waals surface area contributed by atoms with Crippen LogP contribution in [0, 0.1) is 15.5 Å². The van der Waals surface area contributed by atoms with Crippen LogP contribution >= 0.6 is 11.3 Å². The fraction of sp³-hybridized carbons (Fsp3) is 0.500. The van der Waals surface area contributed by atoms with Crippen molar-refractivity contribution in [1.29, 1.82) is 0 Å². The molecule has 0 atom stereocenters. The Morgan fingerprint density at radius 2 is 2.00 bits per heavy atom. The van der Waals surface area contributed by atoms with Gasteiger partial charge in [0.25, 0.3) is 5.91 Å². The number of hydrogen-bond acceptors (Lipinski definition) is 5. The molecule has 0 aliphatic rings. The fourth-order valence-corrected chi connectivity index (χ4v) is 2.50. The standard InChI is InChI=1S/C12H16N2O5S/c1-3-12(4-2,11(16)17)7-13-10(15)8-5-6-9(20-8)14(18)19/h5-6H,3-4,7H2,1-2H3,(H,13,15)(H,16,17). The molecule has 0 aliphatic heterocycles. The van der Waals surface area contributed by atoms with Crippen molar-refractivity contribution in [3.63, 3.8) is 0 Å². The maximum absolute atomic E-state index is 11.9. The Balaban J connectivity index is 2.75. The predicted molar refractivity (Wildman–Crippen MR) is 74.0 cm³/mol. The van der Waals surface area contributed by atoms with Gasteiger partial charge in [-0.1, -0.05) is 25.2 Å². The van der Waals surface area contributed by atoms with Gasteiger partial charge in [0, 0.05) is 12.6 Å². The lowest BCUT2D eigenvalue weighted by molar-refractivity contribution is -0.380. The lowest BCUT2D eigenvalue weighted by Gasteiger charge is -2.26. The van der Waals surface area contributed by atoms with Gasteiger partial charge in [-0.2, -0.15) is 0 Å². The Morgan fingerprint density at radius 1 is 1.40 bits per heavy atom. The van der Waals surface area contributed by atoms with E-state index >= 15 is 0 Å². The van der Waals surface area contributed by atoms with Crippen LogP contribution in [0.4, 0.5) is 5.00 Å². The number of carbonyl (C=O) groups is 2. The lowest BCUT2D eigenvalue weighted by atomic mass is 9.82. The minimum atomic E-state index is -1.00. The van der Waals surface area contributed by atoms with E-state index in [1.54, 1.807) is 13.8 Å². The van der Waals surface area contributed by atoms with Crippen molar-refractivity contribution in [2.75, 3.05) is 6.54 Å². The van der Waals surface area contributed by atoms with Gasteiger partial charge >= 0.3 is 11.0 Å². The SMILES string of the molecule is CCC(CC)(CNC(=O)c1ccc([N+](=O)[O-])s1)C(=O)O. The van der Waals surface area contributed by atoms with E-state index in [4.69, 9.17) is 0 Å². The molecule has 1 heterocycles. The number of thiophene rings is 1. The van der Waals surface area contributed by atoms with Crippen molar-refractivity contribution >= 4 is 28.2 Å². The normalized spacial score (nSPS) is 11.1. The minimum Gasteiger partial charge on any atom is -0.481 e. The summed E-state index contributed by atoms with van der Waals surface area (Å²) >= 11 is 0.765. The van der Waals surface area contributed by atoms with Crippen LogP contribution in [0.2, 0.25) is 0 Å². The highest BCUT2D eigenvalue weighted by Crippen LogP contribution is 2.27. The summed E-state index contributed by atoms with van der Waals surface area (Å²) in [7, 11) is 0. The van der Waals surface area contributed by atoms with Crippen molar-refractivity contribution < 1.29 is 19.6 Å². The summed E-state index contributed by atoms with van der Waals surface area (Å²) < 4.78 is 0. The van der Waals surface area contributed by atoms with Crippen LogP contribution in [0.25, 0.3) is 0 Å². The monoisotopic (exact) mass is 300 g/mol. The van der Waals surface area contributed by atoms with E-state index in [9.17, 15) is 24.8 Å². The van der Waals surface area contributed by atoms with E-state index in [1.807, 2.05) is 0 Å².